The minimum Gasteiger partial charge on any atom is -0.464 e. The van der Waals surface area contributed by atoms with Crippen LogP contribution in [0.25, 0.3) is 22.2 Å². The molecule has 2 N–H and O–H groups in total. The average molecular weight is 412 g/mol. The molecule has 0 amide bonds. The monoisotopic (exact) mass is 411 g/mol. The number of hydrogen-bond donors (Lipinski definition) is 2. The predicted octanol–water partition coefficient (Wildman–Crippen LogP) is 4.29. The minimum absolute atomic E-state index is 0.0386. The van der Waals surface area contributed by atoms with Crippen molar-refractivity contribution < 1.29 is 19.0 Å². The van der Waals surface area contributed by atoms with Crippen LogP contribution in [0.1, 0.15) is 27.8 Å². The summed E-state index contributed by atoms with van der Waals surface area (Å²) in [6, 6.07) is 10.9. The molecule has 29 heavy (non-hydrogen) atoms. The van der Waals surface area contributed by atoms with Crippen LogP contribution in [0.3, 0.4) is 0 Å². The maximum absolute atomic E-state index is 14.2. The van der Waals surface area contributed by atoms with Crippen LogP contribution in [0.4, 0.5) is 4.39 Å². The molecule has 3 heterocycles. The van der Waals surface area contributed by atoms with E-state index in [4.69, 9.17) is 16.3 Å². The third-order valence-electron chi connectivity index (χ3n) is 4.55. The van der Waals surface area contributed by atoms with Crippen LogP contribution in [-0.2, 0) is 4.74 Å². The number of carbonyl (C=O) groups excluding carboxylic acids is 1. The molecule has 0 fully saturated rings. The number of halogens is 2. The van der Waals surface area contributed by atoms with E-state index in [0.717, 1.165) is 0 Å². The van der Waals surface area contributed by atoms with Gasteiger partial charge in [-0.15, -0.1) is 0 Å². The molecule has 6 nitrogen and oxygen atoms in total. The Hall–Kier alpha value is -3.29. The predicted molar refractivity (Wildman–Crippen MR) is 106 cm³/mol. The maximum Gasteiger partial charge on any atom is 0.356 e. The van der Waals surface area contributed by atoms with Crippen LogP contribution in [0, 0.1) is 5.82 Å². The van der Waals surface area contributed by atoms with Crippen molar-refractivity contribution in [1.82, 2.24) is 15.0 Å². The van der Waals surface area contributed by atoms with Gasteiger partial charge in [0.2, 0.25) is 0 Å². The molecule has 4 aromatic rings. The Morgan fingerprint density at radius 2 is 2.10 bits per heavy atom. The van der Waals surface area contributed by atoms with Crippen LogP contribution in [0.15, 0.2) is 54.9 Å². The Morgan fingerprint density at radius 1 is 1.28 bits per heavy atom. The van der Waals surface area contributed by atoms with Crippen LogP contribution in [-0.4, -0.2) is 33.1 Å². The molecule has 0 spiro atoms. The number of methoxy groups -OCH3 is 1. The number of nitrogens with one attached hydrogen (secondary N) is 1. The van der Waals surface area contributed by atoms with E-state index in [1.165, 1.54) is 25.3 Å². The first kappa shape index (κ1) is 19.0. The zero-order valence-electron chi connectivity index (χ0n) is 15.2. The molecule has 146 valence electrons. The summed E-state index contributed by atoms with van der Waals surface area (Å²) in [4.78, 5) is 23.3. The van der Waals surface area contributed by atoms with Crippen molar-refractivity contribution in [1.29, 1.82) is 0 Å². The third-order valence-corrected chi connectivity index (χ3v) is 4.84. The normalized spacial score (nSPS) is 12.1. The zero-order chi connectivity index (χ0) is 20.5. The van der Waals surface area contributed by atoms with Gasteiger partial charge in [0, 0.05) is 34.4 Å². The number of aromatic nitrogens is 3. The number of benzene rings is 1. The topological polar surface area (TPSA) is 88.1 Å². The molecule has 1 unspecified atom stereocenters. The van der Waals surface area contributed by atoms with Crippen molar-refractivity contribution in [2.24, 2.45) is 0 Å². The van der Waals surface area contributed by atoms with Crippen molar-refractivity contribution in [3.8, 4) is 11.3 Å². The molecule has 1 atom stereocenters. The Morgan fingerprint density at radius 3 is 2.83 bits per heavy atom. The van der Waals surface area contributed by atoms with Gasteiger partial charge in [-0.05, 0) is 36.4 Å². The first-order chi connectivity index (χ1) is 14.0. The summed E-state index contributed by atoms with van der Waals surface area (Å²) in [6.45, 7) is 0. The van der Waals surface area contributed by atoms with Crippen molar-refractivity contribution in [2.45, 2.75) is 6.10 Å². The smallest absolute Gasteiger partial charge is 0.356 e. The van der Waals surface area contributed by atoms with Crippen LogP contribution in [0.5, 0.6) is 0 Å². The first-order valence-corrected chi connectivity index (χ1v) is 9.01. The first-order valence-electron chi connectivity index (χ1n) is 8.64. The fraction of sp³-hybridized carbons (Fsp3) is 0.0952. The zero-order valence-corrected chi connectivity index (χ0v) is 15.9. The van der Waals surface area contributed by atoms with Gasteiger partial charge in [-0.1, -0.05) is 17.7 Å². The van der Waals surface area contributed by atoms with Crippen LogP contribution < -0.4 is 0 Å². The Bertz CT molecular complexity index is 1210. The van der Waals surface area contributed by atoms with Gasteiger partial charge in [0.15, 0.2) is 0 Å². The number of fused-ring (bicyclic) bond motifs is 1. The number of aromatic amines is 1. The summed E-state index contributed by atoms with van der Waals surface area (Å²) in [7, 11) is 1.25. The fourth-order valence-corrected chi connectivity index (χ4v) is 3.37. The molecule has 0 saturated carbocycles. The number of pyridine rings is 2. The van der Waals surface area contributed by atoms with Gasteiger partial charge in [0.1, 0.15) is 17.6 Å². The highest BCUT2D eigenvalue weighted by Crippen LogP contribution is 2.38. The molecule has 0 bridgehead atoms. The molecular weight excluding hydrogens is 397 g/mol. The summed E-state index contributed by atoms with van der Waals surface area (Å²) in [5, 5.41) is 11.6. The molecule has 3 aromatic heterocycles. The van der Waals surface area contributed by atoms with Gasteiger partial charge in [0.05, 0.1) is 23.5 Å². The molecule has 0 saturated heterocycles. The highest BCUT2D eigenvalue weighted by molar-refractivity contribution is 6.31. The number of ether oxygens (including phenoxy) is 1. The van der Waals surface area contributed by atoms with E-state index < -0.39 is 17.9 Å². The number of esters is 1. The second-order valence-electron chi connectivity index (χ2n) is 6.31. The van der Waals surface area contributed by atoms with Gasteiger partial charge < -0.3 is 14.8 Å². The summed E-state index contributed by atoms with van der Waals surface area (Å²) in [5.74, 6) is -1.23. The number of carbonyl (C=O) groups is 1. The highest BCUT2D eigenvalue weighted by Gasteiger charge is 2.24. The van der Waals surface area contributed by atoms with Gasteiger partial charge in [-0.2, -0.15) is 0 Å². The van der Waals surface area contributed by atoms with Crippen LogP contribution in [0.2, 0.25) is 5.02 Å². The molecule has 4 rings (SSSR count). The number of aliphatic hydroxyl groups excluding tert-OH is 1. The largest absolute Gasteiger partial charge is 0.464 e. The molecule has 1 aromatic carbocycles. The quantitative estimate of drug-likeness (QED) is 0.489. The van der Waals surface area contributed by atoms with E-state index in [9.17, 15) is 14.3 Å². The van der Waals surface area contributed by atoms with E-state index in [0.29, 0.717) is 27.7 Å². The molecule has 0 aliphatic carbocycles. The number of nitrogens with zero attached hydrogens (tertiary/aromatic N) is 2. The van der Waals surface area contributed by atoms with Gasteiger partial charge in [0.25, 0.3) is 0 Å². The van der Waals surface area contributed by atoms with E-state index >= 15 is 0 Å². The van der Waals surface area contributed by atoms with E-state index in [2.05, 4.69) is 15.0 Å². The number of hydrogen-bond acceptors (Lipinski definition) is 5. The lowest BCUT2D eigenvalue weighted by Crippen LogP contribution is -2.09. The average Bonchev–Trinajstić information content (AvgIpc) is 3.11. The van der Waals surface area contributed by atoms with Crippen molar-refractivity contribution in [3.05, 3.63) is 82.6 Å². The SMILES string of the molecule is COC(=O)c1cccc(C(O)c2c(-c3cccnc3)[nH]c3cc(Cl)c(F)cc23)n1. The van der Waals surface area contributed by atoms with E-state index in [-0.39, 0.29) is 16.4 Å². The Balaban J connectivity index is 1.94. The summed E-state index contributed by atoms with van der Waals surface area (Å²) >= 11 is 5.93. The number of rotatable bonds is 4. The summed E-state index contributed by atoms with van der Waals surface area (Å²) in [5.41, 5.74) is 2.47. The Labute approximate surface area is 170 Å². The fourth-order valence-electron chi connectivity index (χ4n) is 3.20. The lowest BCUT2D eigenvalue weighted by Gasteiger charge is -2.13. The van der Waals surface area contributed by atoms with Crippen molar-refractivity contribution >= 4 is 28.5 Å². The van der Waals surface area contributed by atoms with Crippen molar-refractivity contribution in [2.75, 3.05) is 7.11 Å². The lowest BCUT2D eigenvalue weighted by atomic mass is 9.99. The Kier molecular flexibility index (Phi) is 5.00. The molecular formula is C21H15ClFN3O3. The van der Waals surface area contributed by atoms with Crippen molar-refractivity contribution in [3.63, 3.8) is 0 Å². The molecule has 8 heteroatoms. The summed E-state index contributed by atoms with van der Waals surface area (Å²) in [6.07, 6.45) is 2.00. The van der Waals surface area contributed by atoms with E-state index in [1.54, 1.807) is 30.6 Å². The molecule has 0 aliphatic heterocycles. The summed E-state index contributed by atoms with van der Waals surface area (Å²) < 4.78 is 18.9. The molecule has 0 radical (unpaired) electrons. The van der Waals surface area contributed by atoms with E-state index in [1.807, 2.05) is 6.07 Å². The second kappa shape index (κ2) is 7.62. The van der Waals surface area contributed by atoms with Gasteiger partial charge in [-0.25, -0.2) is 14.2 Å². The minimum atomic E-state index is -1.25. The lowest BCUT2D eigenvalue weighted by molar-refractivity contribution is 0.0593. The van der Waals surface area contributed by atoms with Crippen LogP contribution >= 0.6 is 11.6 Å². The second-order valence-corrected chi connectivity index (χ2v) is 6.72. The van der Waals surface area contributed by atoms with Gasteiger partial charge >= 0.3 is 5.97 Å². The number of aliphatic hydroxyl groups is 1. The molecule has 0 aliphatic rings. The third kappa shape index (κ3) is 3.46. The highest BCUT2D eigenvalue weighted by atomic mass is 35.5. The standard InChI is InChI=1S/C21H15ClFN3O3/c1-29-21(28)16-6-2-5-15(25-16)20(27)18-12-8-14(23)13(22)9-17(12)26-19(18)11-4-3-7-24-10-11/h2-10,20,26-27H,1H3. The maximum atomic E-state index is 14.2. The number of H-pyrrole nitrogens is 1. The van der Waals surface area contributed by atoms with Gasteiger partial charge in [-0.3, -0.25) is 4.98 Å².